The van der Waals surface area contributed by atoms with Crippen LogP contribution in [0, 0.1) is 27.7 Å². The van der Waals surface area contributed by atoms with E-state index in [0.717, 1.165) is 72.8 Å². The molecule has 4 aromatic heterocycles. The molecule has 4 heterocycles. The average molecular weight is 1500 g/mol. The molecule has 15 aromatic carbocycles. The Hall–Kier alpha value is -15.3. The average Bonchev–Trinajstić information content (AvgIpc) is 0.799. The van der Waals surface area contributed by atoms with Crippen LogP contribution in [-0.4, -0.2) is 66.9 Å². The molecule has 0 N–H and O–H groups in total. The lowest BCUT2D eigenvalue weighted by atomic mass is 10.0. The van der Waals surface area contributed by atoms with Crippen molar-refractivity contribution in [1.29, 1.82) is 0 Å². The Labute approximate surface area is 676 Å². The molecule has 0 aliphatic carbocycles. The first-order valence-electron chi connectivity index (χ1n) is 38.4. The van der Waals surface area contributed by atoms with Crippen LogP contribution in [0.15, 0.2) is 400 Å². The highest BCUT2D eigenvalue weighted by Gasteiger charge is 2.16. The van der Waals surface area contributed by atoms with Crippen LogP contribution in [0.4, 0.5) is 11.4 Å². The Kier molecular flexibility index (Phi) is 24.3. The van der Waals surface area contributed by atoms with E-state index in [2.05, 4.69) is 224 Å². The van der Waals surface area contributed by atoms with Crippen molar-refractivity contribution < 1.29 is 0 Å². The third-order valence-corrected chi connectivity index (χ3v) is 19.0. The highest BCUT2D eigenvalue weighted by Crippen LogP contribution is 2.32. The Bertz CT molecular complexity index is 6090. The van der Waals surface area contributed by atoms with Crippen LogP contribution < -0.4 is 4.90 Å². The SMILES string of the molecule is CN(c1ccccc1)c1ccccc1.Cc1cccc(-c2nc(-c3ccccc3)nc(-c3ccccc3)n2)c1.Cc1nc(-c2ccc3ccccc3c2)nc(-c2ccc3ccccc3c2)n1.Cc1nc(-c2cccc(-c3ccccc3)c2)nc(-c2cccc(-c3ccccc3)c2)n1.Cc1nc(-c2ccccc2)nc(-c2ccccc2)n1. The predicted octanol–water partition coefficient (Wildman–Crippen LogP) is 24.8. The van der Waals surface area contributed by atoms with Crippen molar-refractivity contribution in [2.45, 2.75) is 27.7 Å². The lowest BCUT2D eigenvalue weighted by Gasteiger charge is -2.18. The Balaban J connectivity index is 0.000000116. The summed E-state index contributed by atoms with van der Waals surface area (Å²) in [6, 6.07) is 135. The van der Waals surface area contributed by atoms with Gasteiger partial charge in [0.2, 0.25) is 0 Å². The number of anilines is 2. The van der Waals surface area contributed by atoms with Crippen molar-refractivity contribution in [1.82, 2.24) is 59.8 Å². The number of fused-ring (bicyclic) bond motifs is 2. The smallest absolute Gasteiger partial charge is 0.164 e. The maximum atomic E-state index is 4.82. The number of nitrogens with zero attached hydrogens (tertiary/aromatic N) is 13. The molecule has 0 amide bonds. The van der Waals surface area contributed by atoms with Crippen LogP contribution >= 0.6 is 0 Å². The van der Waals surface area contributed by atoms with Crippen LogP contribution in [0.1, 0.15) is 23.0 Å². The maximum Gasteiger partial charge on any atom is 0.164 e. The fourth-order valence-electron chi connectivity index (χ4n) is 13.2. The fraction of sp³-hybridized carbons (Fsp3) is 0.0485. The number of aryl methyl sites for hydroxylation is 4. The second-order valence-electron chi connectivity index (χ2n) is 27.5. The maximum absolute atomic E-state index is 4.82. The van der Waals surface area contributed by atoms with Gasteiger partial charge >= 0.3 is 0 Å². The van der Waals surface area contributed by atoms with E-state index in [9.17, 15) is 0 Å². The lowest BCUT2D eigenvalue weighted by molar-refractivity contribution is 0.991. The molecule has 0 saturated heterocycles. The zero-order valence-electron chi connectivity index (χ0n) is 64.9. The first kappa shape index (κ1) is 76.0. The highest BCUT2D eigenvalue weighted by atomic mass is 15.1. The zero-order chi connectivity index (χ0) is 79.2. The van der Waals surface area contributed by atoms with Gasteiger partial charge in [0.05, 0.1) is 0 Å². The van der Waals surface area contributed by atoms with Gasteiger partial charge in [0.1, 0.15) is 17.5 Å². The first-order chi connectivity index (χ1) is 57.0. The van der Waals surface area contributed by atoms with Crippen molar-refractivity contribution in [3.63, 3.8) is 0 Å². The molecule has 116 heavy (non-hydrogen) atoms. The van der Waals surface area contributed by atoms with Crippen molar-refractivity contribution >= 4 is 32.9 Å². The minimum absolute atomic E-state index is 0.686. The summed E-state index contributed by atoms with van der Waals surface area (Å²) in [5.74, 6) is 8.43. The normalized spacial score (nSPS) is 10.6. The van der Waals surface area contributed by atoms with E-state index in [-0.39, 0.29) is 0 Å². The van der Waals surface area contributed by atoms with Gasteiger partial charge in [-0.25, -0.2) is 59.8 Å². The van der Waals surface area contributed by atoms with Crippen molar-refractivity contribution in [2.24, 2.45) is 0 Å². The Morgan fingerprint density at radius 3 is 0.681 bits per heavy atom. The minimum Gasteiger partial charge on any atom is -0.345 e. The molecule has 0 aliphatic rings. The lowest BCUT2D eigenvalue weighted by Crippen LogP contribution is -2.08. The van der Waals surface area contributed by atoms with E-state index in [1.165, 1.54) is 49.6 Å². The molecule has 0 unspecified atom stereocenters. The van der Waals surface area contributed by atoms with Crippen molar-refractivity contribution in [3.8, 4) is 125 Å². The Morgan fingerprint density at radius 2 is 0.371 bits per heavy atom. The van der Waals surface area contributed by atoms with E-state index in [1.54, 1.807) is 0 Å². The van der Waals surface area contributed by atoms with Gasteiger partial charge in [0.25, 0.3) is 0 Å². The molecule has 0 fully saturated rings. The van der Waals surface area contributed by atoms with E-state index < -0.39 is 0 Å². The topological polar surface area (TPSA) is 158 Å². The molecule has 13 heteroatoms. The van der Waals surface area contributed by atoms with Gasteiger partial charge in [-0.1, -0.05) is 351 Å². The molecular weight excluding hydrogens is 1420 g/mol. The standard InChI is InChI=1S/C28H21N3.C24H17N3.C22H17N3.C16H13N3.C13H13N/c1-20-29-27(25-16-8-14-23(18-25)21-10-4-2-5-11-21)31-28(30-20)26-17-9-15-24(19-26)22-12-6-3-7-13-22;1-16-25-23(21-12-10-17-6-2-4-8-19(17)14-21)27-24(26-16)22-13-11-18-7-3-5-9-20(18)15-22;1-16-9-8-14-19(15-16)22-24-20(17-10-4-2-5-11-17)23-21(25-22)18-12-6-3-7-13-18;1-12-17-15(13-8-4-2-5-9-13)19-16(18-12)14-10-6-3-7-11-14;1-14(12-8-4-2-5-9-12)13-10-6-3-7-11-13/h2-19H,1H3;2-15H,1H3;2-15H,1H3;2-11H,1H3;2-11H,1H3. The van der Waals surface area contributed by atoms with Crippen LogP contribution in [0.3, 0.4) is 0 Å². The molecule has 19 rings (SSSR count). The number of hydrogen-bond donors (Lipinski definition) is 0. The molecule has 0 atom stereocenters. The molecule has 0 aliphatic heterocycles. The number of hydrogen-bond acceptors (Lipinski definition) is 13. The van der Waals surface area contributed by atoms with E-state index >= 15 is 0 Å². The Morgan fingerprint density at radius 1 is 0.155 bits per heavy atom. The first-order valence-corrected chi connectivity index (χ1v) is 38.4. The highest BCUT2D eigenvalue weighted by molar-refractivity contribution is 5.88. The van der Waals surface area contributed by atoms with Crippen LogP contribution in [0.2, 0.25) is 0 Å². The van der Waals surface area contributed by atoms with Crippen molar-refractivity contribution in [2.75, 3.05) is 11.9 Å². The molecule has 13 nitrogen and oxygen atoms in total. The van der Waals surface area contributed by atoms with Gasteiger partial charge in [-0.05, 0) is 126 Å². The molecule has 0 bridgehead atoms. The summed E-state index contributed by atoms with van der Waals surface area (Å²) in [7, 11) is 2.07. The fourth-order valence-corrected chi connectivity index (χ4v) is 13.2. The van der Waals surface area contributed by atoms with Gasteiger partial charge in [0.15, 0.2) is 52.4 Å². The molecule has 0 spiro atoms. The number of rotatable bonds is 13. The van der Waals surface area contributed by atoms with Gasteiger partial charge in [-0.2, -0.15) is 0 Å². The number of aromatic nitrogens is 12. The van der Waals surface area contributed by atoms with Crippen LogP contribution in [-0.2, 0) is 0 Å². The predicted molar refractivity (Wildman–Crippen MR) is 474 cm³/mol. The molecule has 0 saturated carbocycles. The van der Waals surface area contributed by atoms with Gasteiger partial charge < -0.3 is 4.90 Å². The second kappa shape index (κ2) is 37.1. The molecular formula is C103H81N13. The minimum atomic E-state index is 0.686. The summed E-state index contributed by atoms with van der Waals surface area (Å²) in [4.78, 5) is 57.7. The third-order valence-electron chi connectivity index (χ3n) is 19.0. The molecule has 19 aromatic rings. The summed E-state index contributed by atoms with van der Waals surface area (Å²) in [6.45, 7) is 7.79. The summed E-state index contributed by atoms with van der Waals surface area (Å²) >= 11 is 0. The molecule has 558 valence electrons. The number of benzene rings is 15. The second-order valence-corrected chi connectivity index (χ2v) is 27.5. The van der Waals surface area contributed by atoms with E-state index in [0.29, 0.717) is 58.2 Å². The van der Waals surface area contributed by atoms with Gasteiger partial charge in [-0.15, -0.1) is 0 Å². The molecule has 0 radical (unpaired) electrons. The summed E-state index contributed by atoms with van der Waals surface area (Å²) in [6.07, 6.45) is 0. The van der Waals surface area contributed by atoms with Gasteiger partial charge in [-0.3, -0.25) is 0 Å². The van der Waals surface area contributed by atoms with Crippen molar-refractivity contribution in [3.05, 3.63) is 423 Å². The quantitative estimate of drug-likeness (QED) is 0.107. The summed E-state index contributed by atoms with van der Waals surface area (Å²) < 4.78 is 0. The summed E-state index contributed by atoms with van der Waals surface area (Å²) in [5.41, 5.74) is 17.2. The third kappa shape index (κ3) is 19.7. The number of para-hydroxylation sites is 2. The van der Waals surface area contributed by atoms with Crippen LogP contribution in [0.5, 0.6) is 0 Å². The summed E-state index contributed by atoms with van der Waals surface area (Å²) in [5, 5.41) is 4.78. The van der Waals surface area contributed by atoms with E-state index in [1.807, 2.05) is 251 Å². The van der Waals surface area contributed by atoms with E-state index in [4.69, 9.17) is 24.9 Å². The zero-order valence-corrected chi connectivity index (χ0v) is 64.9. The largest absolute Gasteiger partial charge is 0.345 e. The van der Waals surface area contributed by atoms with Gasteiger partial charge in [0, 0.05) is 68.5 Å². The monoisotopic (exact) mass is 1500 g/mol. The van der Waals surface area contributed by atoms with Crippen LogP contribution in [0.25, 0.3) is 146 Å².